The minimum atomic E-state index is 0.0707. The second-order valence-corrected chi connectivity index (χ2v) is 5.11. The molecule has 0 amide bonds. The summed E-state index contributed by atoms with van der Waals surface area (Å²) in [6, 6.07) is 5.58. The molecule has 0 atom stereocenters. The van der Waals surface area contributed by atoms with Crippen LogP contribution in [0.2, 0.25) is 0 Å². The predicted molar refractivity (Wildman–Crippen MR) is 95.0 cm³/mol. The Balaban J connectivity index is 2.69. The fourth-order valence-corrected chi connectivity index (χ4v) is 2.38. The molecule has 1 aromatic carbocycles. The Morgan fingerprint density at radius 2 is 1.76 bits per heavy atom. The maximum Gasteiger partial charge on any atom is 0.222 e. The lowest BCUT2D eigenvalue weighted by Gasteiger charge is -2.15. The minimum Gasteiger partial charge on any atom is -0.493 e. The third-order valence-corrected chi connectivity index (χ3v) is 3.52. The molecule has 0 aliphatic carbocycles. The number of nitrogens with one attached hydrogen (secondary N) is 1. The number of nitrogen functional groups attached to an aromatic ring is 1. The van der Waals surface area contributed by atoms with E-state index < -0.39 is 0 Å². The number of hydrogen-bond donors (Lipinski definition) is 2. The van der Waals surface area contributed by atoms with Crippen molar-refractivity contribution in [3.8, 4) is 34.6 Å². The first kappa shape index (κ1) is 18.1. The predicted octanol–water partition coefficient (Wildman–Crippen LogP) is 2.45. The first-order valence-corrected chi connectivity index (χ1v) is 7.71. The van der Waals surface area contributed by atoms with E-state index in [9.17, 15) is 5.26 Å². The number of nitrogens with zero attached hydrogens (tertiary/aromatic N) is 3. The van der Waals surface area contributed by atoms with Gasteiger partial charge < -0.3 is 25.3 Å². The summed E-state index contributed by atoms with van der Waals surface area (Å²) in [5.74, 6) is 1.85. The molecule has 0 fully saturated rings. The lowest BCUT2D eigenvalue weighted by molar-refractivity contribution is 0.324. The summed E-state index contributed by atoms with van der Waals surface area (Å²) >= 11 is 0. The van der Waals surface area contributed by atoms with Crippen LogP contribution in [0.25, 0.3) is 11.3 Å². The summed E-state index contributed by atoms with van der Waals surface area (Å²) in [4.78, 5) is 8.37. The molecule has 0 aliphatic rings. The van der Waals surface area contributed by atoms with Gasteiger partial charge in [-0.05, 0) is 18.6 Å². The first-order valence-electron chi connectivity index (χ1n) is 7.71. The van der Waals surface area contributed by atoms with Crippen molar-refractivity contribution in [2.45, 2.75) is 13.3 Å². The lowest BCUT2D eigenvalue weighted by Crippen LogP contribution is -2.09. The van der Waals surface area contributed by atoms with E-state index in [0.717, 1.165) is 6.42 Å². The molecule has 0 saturated carbocycles. The number of nitriles is 1. The van der Waals surface area contributed by atoms with Gasteiger partial charge in [-0.3, -0.25) is 0 Å². The van der Waals surface area contributed by atoms with Crippen LogP contribution in [0, 0.1) is 11.3 Å². The van der Waals surface area contributed by atoms with Crippen molar-refractivity contribution in [1.82, 2.24) is 9.97 Å². The van der Waals surface area contributed by atoms with Crippen molar-refractivity contribution in [1.29, 1.82) is 5.26 Å². The first-order chi connectivity index (χ1) is 12.1. The number of methoxy groups -OCH3 is 3. The van der Waals surface area contributed by atoms with Crippen LogP contribution in [-0.4, -0.2) is 37.8 Å². The van der Waals surface area contributed by atoms with E-state index >= 15 is 0 Å². The van der Waals surface area contributed by atoms with Gasteiger partial charge in [0.05, 0.1) is 27.0 Å². The van der Waals surface area contributed by atoms with Crippen molar-refractivity contribution in [2.75, 3.05) is 38.9 Å². The van der Waals surface area contributed by atoms with Gasteiger partial charge in [-0.2, -0.15) is 10.2 Å². The number of hydrogen-bond acceptors (Lipinski definition) is 8. The quantitative estimate of drug-likeness (QED) is 0.787. The van der Waals surface area contributed by atoms with Crippen molar-refractivity contribution in [3.63, 3.8) is 0 Å². The molecule has 0 saturated heterocycles. The van der Waals surface area contributed by atoms with Gasteiger partial charge in [0.15, 0.2) is 11.5 Å². The normalized spacial score (nSPS) is 10.0. The van der Waals surface area contributed by atoms with Crippen LogP contribution in [0.4, 0.5) is 11.8 Å². The number of ether oxygens (including phenoxy) is 3. The molecule has 0 bridgehead atoms. The summed E-state index contributed by atoms with van der Waals surface area (Å²) in [5.41, 5.74) is 7.14. The monoisotopic (exact) mass is 343 g/mol. The van der Waals surface area contributed by atoms with Gasteiger partial charge in [-0.25, -0.2) is 4.98 Å². The average Bonchev–Trinajstić information content (AvgIpc) is 2.64. The van der Waals surface area contributed by atoms with Gasteiger partial charge in [0.1, 0.15) is 17.5 Å². The van der Waals surface area contributed by atoms with Gasteiger partial charge in [0, 0.05) is 12.1 Å². The van der Waals surface area contributed by atoms with Crippen LogP contribution in [0.5, 0.6) is 17.2 Å². The molecule has 0 aliphatic heterocycles. The smallest absolute Gasteiger partial charge is 0.222 e. The topological polar surface area (TPSA) is 115 Å². The average molecular weight is 343 g/mol. The van der Waals surface area contributed by atoms with E-state index in [0.29, 0.717) is 46.4 Å². The minimum absolute atomic E-state index is 0.0707. The molecule has 8 nitrogen and oxygen atoms in total. The molecule has 2 rings (SSSR count). The molecule has 0 radical (unpaired) electrons. The zero-order chi connectivity index (χ0) is 18.4. The number of anilines is 2. The zero-order valence-corrected chi connectivity index (χ0v) is 14.7. The molecular weight excluding hydrogens is 322 g/mol. The Labute approximate surface area is 146 Å². The van der Waals surface area contributed by atoms with Crippen LogP contribution in [0.3, 0.4) is 0 Å². The molecule has 25 heavy (non-hydrogen) atoms. The van der Waals surface area contributed by atoms with E-state index in [4.69, 9.17) is 19.9 Å². The molecule has 8 heteroatoms. The number of rotatable bonds is 7. The largest absolute Gasteiger partial charge is 0.493 e. The summed E-state index contributed by atoms with van der Waals surface area (Å²) in [6.07, 6.45) is 0.883. The molecule has 1 heterocycles. The van der Waals surface area contributed by atoms with Gasteiger partial charge in [0.25, 0.3) is 0 Å². The highest BCUT2D eigenvalue weighted by Crippen LogP contribution is 2.42. The standard InChI is InChI=1S/C17H21N5O3/c1-5-6-20-16-11(9-18)14(21-17(19)22-16)10-7-12(23-2)15(25-4)13(8-10)24-3/h7-8H,5-6H2,1-4H3,(H3,19,20,21,22). The van der Waals surface area contributed by atoms with E-state index in [-0.39, 0.29) is 5.95 Å². The molecule has 0 spiro atoms. The third-order valence-electron chi connectivity index (χ3n) is 3.52. The van der Waals surface area contributed by atoms with Gasteiger partial charge in [-0.1, -0.05) is 6.92 Å². The molecular formula is C17H21N5O3. The number of aromatic nitrogens is 2. The number of benzene rings is 1. The Hall–Kier alpha value is -3.21. The van der Waals surface area contributed by atoms with Crippen LogP contribution < -0.4 is 25.3 Å². The molecule has 1 aromatic heterocycles. The Kier molecular flexibility index (Phi) is 5.84. The third kappa shape index (κ3) is 3.66. The fourth-order valence-electron chi connectivity index (χ4n) is 2.38. The second-order valence-electron chi connectivity index (χ2n) is 5.11. The molecule has 132 valence electrons. The highest BCUT2D eigenvalue weighted by Gasteiger charge is 2.20. The van der Waals surface area contributed by atoms with Crippen LogP contribution >= 0.6 is 0 Å². The van der Waals surface area contributed by atoms with Crippen molar-refractivity contribution in [3.05, 3.63) is 17.7 Å². The van der Waals surface area contributed by atoms with Crippen molar-refractivity contribution < 1.29 is 14.2 Å². The van der Waals surface area contributed by atoms with Crippen LogP contribution in [-0.2, 0) is 0 Å². The lowest BCUT2D eigenvalue weighted by atomic mass is 10.1. The Bertz CT molecular complexity index is 777. The molecule has 0 unspecified atom stereocenters. The van der Waals surface area contributed by atoms with Crippen LogP contribution in [0.1, 0.15) is 18.9 Å². The number of nitrogens with two attached hydrogens (primary N) is 1. The SMILES string of the molecule is CCCNc1nc(N)nc(-c2cc(OC)c(OC)c(OC)c2)c1C#N. The van der Waals surface area contributed by atoms with Crippen molar-refractivity contribution >= 4 is 11.8 Å². The maximum atomic E-state index is 9.61. The summed E-state index contributed by atoms with van der Waals surface area (Å²) < 4.78 is 16.0. The van der Waals surface area contributed by atoms with Gasteiger partial charge in [-0.15, -0.1) is 0 Å². The van der Waals surface area contributed by atoms with E-state index in [1.54, 1.807) is 12.1 Å². The van der Waals surface area contributed by atoms with E-state index in [2.05, 4.69) is 21.4 Å². The van der Waals surface area contributed by atoms with Crippen LogP contribution in [0.15, 0.2) is 12.1 Å². The van der Waals surface area contributed by atoms with Gasteiger partial charge in [0.2, 0.25) is 11.7 Å². The summed E-state index contributed by atoms with van der Waals surface area (Å²) in [7, 11) is 4.57. The van der Waals surface area contributed by atoms with E-state index in [1.807, 2.05) is 6.92 Å². The van der Waals surface area contributed by atoms with Gasteiger partial charge >= 0.3 is 0 Å². The molecule has 3 N–H and O–H groups in total. The molecule has 2 aromatic rings. The second kappa shape index (κ2) is 8.06. The van der Waals surface area contributed by atoms with Crippen molar-refractivity contribution in [2.24, 2.45) is 0 Å². The fraction of sp³-hybridized carbons (Fsp3) is 0.353. The van der Waals surface area contributed by atoms with E-state index in [1.165, 1.54) is 21.3 Å². The highest BCUT2D eigenvalue weighted by atomic mass is 16.5. The Morgan fingerprint density at radius 1 is 1.12 bits per heavy atom. The zero-order valence-electron chi connectivity index (χ0n) is 14.7. The summed E-state index contributed by atoms with van der Waals surface area (Å²) in [5, 5.41) is 12.7. The Morgan fingerprint density at radius 3 is 2.24 bits per heavy atom. The summed E-state index contributed by atoms with van der Waals surface area (Å²) in [6.45, 7) is 2.68. The maximum absolute atomic E-state index is 9.61. The highest BCUT2D eigenvalue weighted by molar-refractivity contribution is 5.77.